The van der Waals surface area contributed by atoms with Gasteiger partial charge in [-0.25, -0.2) is 4.98 Å². The molecule has 0 aliphatic carbocycles. The summed E-state index contributed by atoms with van der Waals surface area (Å²) in [5, 5.41) is 11.3. The largest absolute Gasteiger partial charge is 0.417 e. The van der Waals surface area contributed by atoms with Crippen LogP contribution in [0.5, 0.6) is 0 Å². The molecule has 1 atom stereocenters. The van der Waals surface area contributed by atoms with E-state index in [-0.39, 0.29) is 0 Å². The van der Waals surface area contributed by atoms with Crippen molar-refractivity contribution in [3.8, 4) is 11.6 Å². The van der Waals surface area contributed by atoms with Gasteiger partial charge < -0.3 is 10.2 Å². The number of nitrogens with two attached hydrogens (primary N) is 1. The van der Waals surface area contributed by atoms with Gasteiger partial charge in [0, 0.05) is 11.8 Å². The second kappa shape index (κ2) is 7.42. The van der Waals surface area contributed by atoms with Crippen LogP contribution in [0.15, 0.2) is 70.5 Å². The predicted octanol–water partition coefficient (Wildman–Crippen LogP) is 4.20. The van der Waals surface area contributed by atoms with E-state index in [4.69, 9.17) is 10.2 Å². The van der Waals surface area contributed by atoms with Gasteiger partial charge in [-0.15, -0.1) is 21.5 Å². The van der Waals surface area contributed by atoms with Crippen molar-refractivity contribution in [1.82, 2.24) is 15.2 Å². The maximum Gasteiger partial charge on any atom is 0.267 e. The molecule has 2 heterocycles. The summed E-state index contributed by atoms with van der Waals surface area (Å²) in [7, 11) is 0. The summed E-state index contributed by atoms with van der Waals surface area (Å²) < 4.78 is 5.87. The molecule has 2 N–H and O–H groups in total. The zero-order valence-electron chi connectivity index (χ0n) is 15.0. The van der Waals surface area contributed by atoms with E-state index < -0.39 is 5.54 Å². The Morgan fingerprint density at radius 3 is 2.33 bits per heavy atom. The Kier molecular flexibility index (Phi) is 4.83. The fourth-order valence-electron chi connectivity index (χ4n) is 2.91. The Hall–Kier alpha value is -2.83. The third-order valence-corrected chi connectivity index (χ3v) is 5.15. The first-order chi connectivity index (χ1) is 13.1. The molecular formula is C21H20N4OS. The lowest BCUT2D eigenvalue weighted by Gasteiger charge is -2.19. The van der Waals surface area contributed by atoms with E-state index in [1.807, 2.05) is 60.8 Å². The molecule has 0 bridgehead atoms. The lowest BCUT2D eigenvalue weighted by molar-refractivity contribution is 0.355. The fraction of sp³-hybridized carbons (Fsp3) is 0.190. The van der Waals surface area contributed by atoms with Crippen LogP contribution in [-0.4, -0.2) is 15.2 Å². The van der Waals surface area contributed by atoms with Crippen LogP contribution in [0, 0.1) is 0 Å². The first-order valence-electron chi connectivity index (χ1n) is 8.76. The SMILES string of the molecule is C[C@@](N)(Cc1ccccc1)c1nnc(-c2csc(Cc3ccccc3)n2)o1. The molecule has 0 spiro atoms. The van der Waals surface area contributed by atoms with Crippen LogP contribution >= 0.6 is 11.3 Å². The number of rotatable bonds is 6. The molecular weight excluding hydrogens is 356 g/mol. The molecule has 0 fully saturated rings. The summed E-state index contributed by atoms with van der Waals surface area (Å²) in [6, 6.07) is 20.3. The molecule has 4 aromatic rings. The average molecular weight is 376 g/mol. The topological polar surface area (TPSA) is 77.8 Å². The summed E-state index contributed by atoms with van der Waals surface area (Å²) in [4.78, 5) is 4.64. The van der Waals surface area contributed by atoms with Gasteiger partial charge in [-0.3, -0.25) is 0 Å². The van der Waals surface area contributed by atoms with Gasteiger partial charge >= 0.3 is 0 Å². The second-order valence-electron chi connectivity index (χ2n) is 6.78. The van der Waals surface area contributed by atoms with Crippen LogP contribution in [0.2, 0.25) is 0 Å². The zero-order valence-corrected chi connectivity index (χ0v) is 15.8. The Morgan fingerprint density at radius 2 is 1.63 bits per heavy atom. The zero-order chi connectivity index (χ0) is 18.7. The van der Waals surface area contributed by atoms with Crippen molar-refractivity contribution < 1.29 is 4.42 Å². The molecule has 4 rings (SSSR count). The minimum Gasteiger partial charge on any atom is -0.417 e. The lowest BCUT2D eigenvalue weighted by atomic mass is 9.94. The molecule has 0 unspecified atom stereocenters. The van der Waals surface area contributed by atoms with Crippen LogP contribution in [0.4, 0.5) is 0 Å². The molecule has 0 saturated heterocycles. The number of aromatic nitrogens is 3. The number of hydrogen-bond donors (Lipinski definition) is 1. The normalized spacial score (nSPS) is 13.4. The van der Waals surface area contributed by atoms with Crippen molar-refractivity contribution in [3.05, 3.63) is 88.1 Å². The Bertz CT molecular complexity index is 1010. The average Bonchev–Trinajstić information content (AvgIpc) is 3.33. The lowest BCUT2D eigenvalue weighted by Crippen LogP contribution is -2.35. The van der Waals surface area contributed by atoms with Gasteiger partial charge in [0.15, 0.2) is 0 Å². The van der Waals surface area contributed by atoms with Crippen molar-refractivity contribution in [3.63, 3.8) is 0 Å². The van der Waals surface area contributed by atoms with Crippen molar-refractivity contribution in [2.24, 2.45) is 5.73 Å². The Morgan fingerprint density at radius 1 is 0.963 bits per heavy atom. The van der Waals surface area contributed by atoms with Gasteiger partial charge in [0.05, 0.1) is 10.5 Å². The van der Waals surface area contributed by atoms with Gasteiger partial charge in [0.2, 0.25) is 5.89 Å². The Balaban J connectivity index is 1.51. The molecule has 0 aliphatic rings. The van der Waals surface area contributed by atoms with Gasteiger partial charge in [-0.05, 0) is 24.5 Å². The van der Waals surface area contributed by atoms with Crippen LogP contribution in [0.3, 0.4) is 0 Å². The van der Waals surface area contributed by atoms with Crippen molar-refractivity contribution >= 4 is 11.3 Å². The van der Waals surface area contributed by atoms with Gasteiger partial charge in [-0.2, -0.15) is 0 Å². The quantitative estimate of drug-likeness (QED) is 0.546. The monoisotopic (exact) mass is 376 g/mol. The summed E-state index contributed by atoms with van der Waals surface area (Å²) in [5.41, 5.74) is 8.76. The maximum atomic E-state index is 6.45. The minimum atomic E-state index is -0.741. The van der Waals surface area contributed by atoms with Crippen molar-refractivity contribution in [1.29, 1.82) is 0 Å². The molecule has 5 nitrogen and oxygen atoms in total. The first kappa shape index (κ1) is 17.6. The van der Waals surface area contributed by atoms with E-state index in [9.17, 15) is 0 Å². The molecule has 27 heavy (non-hydrogen) atoms. The summed E-state index contributed by atoms with van der Waals surface area (Å²) in [6.45, 7) is 1.90. The van der Waals surface area contributed by atoms with E-state index in [0.29, 0.717) is 23.9 Å². The summed E-state index contributed by atoms with van der Waals surface area (Å²) in [5.74, 6) is 0.823. The predicted molar refractivity (Wildman–Crippen MR) is 106 cm³/mol. The van der Waals surface area contributed by atoms with E-state index in [0.717, 1.165) is 17.0 Å². The maximum absolute atomic E-state index is 6.45. The van der Waals surface area contributed by atoms with E-state index in [1.165, 1.54) is 5.56 Å². The van der Waals surface area contributed by atoms with Crippen LogP contribution in [0.25, 0.3) is 11.6 Å². The third kappa shape index (κ3) is 4.13. The standard InChI is InChI=1S/C21H20N4OS/c1-21(22,13-16-10-6-3-7-11-16)20-25-24-19(26-20)17-14-27-18(23-17)12-15-8-4-2-5-9-15/h2-11,14H,12-13,22H2,1H3/t21-/m1/s1. The molecule has 0 aliphatic heterocycles. The number of nitrogens with zero attached hydrogens (tertiary/aromatic N) is 3. The minimum absolute atomic E-state index is 0.408. The van der Waals surface area contributed by atoms with Gasteiger partial charge in [0.25, 0.3) is 5.89 Å². The van der Waals surface area contributed by atoms with Crippen molar-refractivity contribution in [2.75, 3.05) is 0 Å². The molecule has 6 heteroatoms. The van der Waals surface area contributed by atoms with Crippen LogP contribution in [-0.2, 0) is 18.4 Å². The molecule has 2 aromatic carbocycles. The van der Waals surface area contributed by atoms with E-state index >= 15 is 0 Å². The molecule has 136 valence electrons. The highest BCUT2D eigenvalue weighted by Gasteiger charge is 2.29. The molecule has 0 amide bonds. The molecule has 0 radical (unpaired) electrons. The number of hydrogen-bond acceptors (Lipinski definition) is 6. The summed E-state index contributed by atoms with van der Waals surface area (Å²) in [6.07, 6.45) is 1.40. The van der Waals surface area contributed by atoms with Crippen LogP contribution in [0.1, 0.15) is 28.9 Å². The fourth-order valence-corrected chi connectivity index (χ4v) is 3.72. The summed E-state index contributed by atoms with van der Waals surface area (Å²) >= 11 is 1.59. The highest BCUT2D eigenvalue weighted by molar-refractivity contribution is 7.10. The van der Waals surface area contributed by atoms with Gasteiger partial charge in [0.1, 0.15) is 5.69 Å². The van der Waals surface area contributed by atoms with E-state index in [1.54, 1.807) is 11.3 Å². The van der Waals surface area contributed by atoms with Gasteiger partial charge in [-0.1, -0.05) is 60.7 Å². The number of benzene rings is 2. The molecule has 2 aromatic heterocycles. The second-order valence-corrected chi connectivity index (χ2v) is 7.72. The first-order valence-corrected chi connectivity index (χ1v) is 9.64. The Labute approximate surface area is 161 Å². The smallest absolute Gasteiger partial charge is 0.267 e. The number of thiazole rings is 1. The molecule has 0 saturated carbocycles. The van der Waals surface area contributed by atoms with Crippen molar-refractivity contribution in [2.45, 2.75) is 25.3 Å². The third-order valence-electron chi connectivity index (χ3n) is 4.30. The van der Waals surface area contributed by atoms with E-state index in [2.05, 4.69) is 27.3 Å². The highest BCUT2D eigenvalue weighted by atomic mass is 32.1. The highest BCUT2D eigenvalue weighted by Crippen LogP contribution is 2.27. The van der Waals surface area contributed by atoms with Crippen LogP contribution < -0.4 is 5.73 Å².